The SMILES string of the molecule is COc1ccc(COc2c(F)ccc(-c3nnc(CN4C(=O)NC(=O)C45CC5)s3)c2F)cc1. The number of carbonyl (C=O) groups excluding carboxylic acids is 2. The van der Waals surface area contributed by atoms with Crippen LogP contribution in [0.5, 0.6) is 11.5 Å². The van der Waals surface area contributed by atoms with Crippen molar-refractivity contribution in [3.05, 3.63) is 58.6 Å². The number of methoxy groups -OCH3 is 1. The number of hydrogen-bond donors (Lipinski definition) is 1. The Hall–Kier alpha value is -3.60. The van der Waals surface area contributed by atoms with Crippen molar-refractivity contribution in [3.63, 3.8) is 0 Å². The van der Waals surface area contributed by atoms with Gasteiger partial charge in [0.15, 0.2) is 22.4 Å². The van der Waals surface area contributed by atoms with Gasteiger partial charge in [0.25, 0.3) is 5.91 Å². The van der Waals surface area contributed by atoms with Crippen molar-refractivity contribution in [1.82, 2.24) is 20.4 Å². The lowest BCUT2D eigenvalue weighted by molar-refractivity contribution is -0.122. The first-order chi connectivity index (χ1) is 15.9. The molecule has 0 atom stereocenters. The Balaban J connectivity index is 1.34. The topological polar surface area (TPSA) is 93.7 Å². The second kappa shape index (κ2) is 8.07. The highest BCUT2D eigenvalue weighted by Gasteiger charge is 2.61. The van der Waals surface area contributed by atoms with E-state index in [0.717, 1.165) is 17.4 Å². The zero-order valence-corrected chi connectivity index (χ0v) is 18.2. The zero-order valence-electron chi connectivity index (χ0n) is 17.4. The van der Waals surface area contributed by atoms with Crippen LogP contribution in [0.15, 0.2) is 36.4 Å². The van der Waals surface area contributed by atoms with Gasteiger partial charge in [0.05, 0.1) is 19.2 Å². The Labute approximate surface area is 191 Å². The van der Waals surface area contributed by atoms with Crippen molar-refractivity contribution in [2.24, 2.45) is 0 Å². The van der Waals surface area contributed by atoms with Crippen LogP contribution in [0, 0.1) is 11.6 Å². The van der Waals surface area contributed by atoms with Gasteiger partial charge in [0.2, 0.25) is 0 Å². The van der Waals surface area contributed by atoms with Gasteiger partial charge in [-0.25, -0.2) is 13.6 Å². The summed E-state index contributed by atoms with van der Waals surface area (Å²) in [6.07, 6.45) is 1.19. The molecule has 8 nitrogen and oxygen atoms in total. The van der Waals surface area contributed by atoms with Crippen molar-refractivity contribution in [1.29, 1.82) is 0 Å². The van der Waals surface area contributed by atoms with E-state index in [-0.39, 0.29) is 29.6 Å². The molecule has 11 heteroatoms. The number of aromatic nitrogens is 2. The van der Waals surface area contributed by atoms with Crippen molar-refractivity contribution >= 4 is 23.3 Å². The third-order valence-corrected chi connectivity index (χ3v) is 6.65. The van der Waals surface area contributed by atoms with Gasteiger partial charge in [-0.1, -0.05) is 23.5 Å². The summed E-state index contributed by atoms with van der Waals surface area (Å²) in [7, 11) is 1.55. The largest absolute Gasteiger partial charge is 0.497 e. The molecule has 2 aromatic carbocycles. The van der Waals surface area contributed by atoms with Crippen LogP contribution in [0.25, 0.3) is 10.6 Å². The Morgan fingerprint density at radius 2 is 1.88 bits per heavy atom. The molecule has 1 saturated carbocycles. The number of nitrogens with one attached hydrogen (secondary N) is 1. The third kappa shape index (κ3) is 3.78. The van der Waals surface area contributed by atoms with E-state index in [4.69, 9.17) is 9.47 Å². The second-order valence-corrected chi connectivity index (χ2v) is 8.81. The number of nitrogens with zero attached hydrogens (tertiary/aromatic N) is 3. The molecule has 3 amide bonds. The van der Waals surface area contributed by atoms with Crippen LogP contribution in [0.2, 0.25) is 0 Å². The smallest absolute Gasteiger partial charge is 0.325 e. The number of benzene rings is 2. The lowest BCUT2D eigenvalue weighted by Crippen LogP contribution is -2.36. The number of ether oxygens (including phenoxy) is 2. The van der Waals surface area contributed by atoms with E-state index in [1.807, 2.05) is 0 Å². The highest BCUT2D eigenvalue weighted by Crippen LogP contribution is 2.46. The zero-order chi connectivity index (χ0) is 23.2. The molecule has 1 aliphatic carbocycles. The first kappa shape index (κ1) is 21.3. The van der Waals surface area contributed by atoms with Gasteiger partial charge >= 0.3 is 6.03 Å². The van der Waals surface area contributed by atoms with E-state index in [1.165, 1.54) is 11.0 Å². The molecule has 1 aromatic heterocycles. The van der Waals surface area contributed by atoms with E-state index < -0.39 is 29.0 Å². The minimum absolute atomic E-state index is 0.0352. The summed E-state index contributed by atoms with van der Waals surface area (Å²) in [5, 5.41) is 11.0. The molecule has 1 saturated heterocycles. The predicted molar refractivity (Wildman–Crippen MR) is 114 cm³/mol. The Bertz CT molecular complexity index is 1240. The van der Waals surface area contributed by atoms with Crippen molar-refractivity contribution < 1.29 is 27.8 Å². The summed E-state index contributed by atoms with van der Waals surface area (Å²) >= 11 is 1.06. The molecule has 33 heavy (non-hydrogen) atoms. The summed E-state index contributed by atoms with van der Waals surface area (Å²) in [4.78, 5) is 25.5. The number of rotatable bonds is 7. The van der Waals surface area contributed by atoms with Crippen LogP contribution in [-0.4, -0.2) is 39.7 Å². The Kier molecular flexibility index (Phi) is 5.20. The van der Waals surface area contributed by atoms with Crippen molar-refractivity contribution in [2.45, 2.75) is 31.5 Å². The quantitative estimate of drug-likeness (QED) is 0.528. The van der Waals surface area contributed by atoms with E-state index >= 15 is 4.39 Å². The van der Waals surface area contributed by atoms with Crippen LogP contribution in [-0.2, 0) is 17.9 Å². The molecule has 1 spiro atoms. The Morgan fingerprint density at radius 1 is 1.12 bits per heavy atom. The summed E-state index contributed by atoms with van der Waals surface area (Å²) < 4.78 is 40.0. The van der Waals surface area contributed by atoms with Gasteiger partial charge in [-0.3, -0.25) is 10.1 Å². The molecule has 0 unspecified atom stereocenters. The average molecular weight is 472 g/mol. The third-order valence-electron chi connectivity index (χ3n) is 5.71. The molecular formula is C22H18F2N4O4S. The maximum absolute atomic E-state index is 15.1. The summed E-state index contributed by atoms with van der Waals surface area (Å²) in [5.41, 5.74) is -0.0504. The predicted octanol–water partition coefficient (Wildman–Crippen LogP) is 3.66. The van der Waals surface area contributed by atoms with Crippen LogP contribution in [0.4, 0.5) is 13.6 Å². The lowest BCUT2D eigenvalue weighted by atomic mass is 10.2. The number of urea groups is 1. The number of amides is 3. The standard InChI is InChI=1S/C22H18F2N4O4S/c1-31-13-4-2-12(3-5-13)11-32-18-15(23)7-6-14(17(18)24)19-27-26-16(33-19)10-28-21(30)25-20(29)22(28)8-9-22/h2-7H,8-11H2,1H3,(H,25,29,30). The normalized spacial score (nSPS) is 16.3. The fraction of sp³-hybridized carbons (Fsp3) is 0.273. The number of carbonyl (C=O) groups is 2. The van der Waals surface area contributed by atoms with Gasteiger partial charge in [-0.2, -0.15) is 0 Å². The molecule has 1 N–H and O–H groups in total. The molecular weight excluding hydrogens is 454 g/mol. The second-order valence-electron chi connectivity index (χ2n) is 7.75. The molecule has 2 aliphatic rings. The van der Waals surface area contributed by atoms with Crippen molar-refractivity contribution in [2.75, 3.05) is 7.11 Å². The van der Waals surface area contributed by atoms with Gasteiger partial charge < -0.3 is 14.4 Å². The van der Waals surface area contributed by atoms with Gasteiger partial charge in [-0.05, 0) is 42.7 Å². The minimum atomic E-state index is -0.890. The summed E-state index contributed by atoms with van der Waals surface area (Å²) in [6, 6.07) is 8.83. The first-order valence-corrected chi connectivity index (χ1v) is 10.9. The highest BCUT2D eigenvalue weighted by atomic mass is 32.1. The maximum Gasteiger partial charge on any atom is 0.325 e. The van der Waals surface area contributed by atoms with E-state index in [0.29, 0.717) is 29.2 Å². The van der Waals surface area contributed by atoms with Crippen LogP contribution >= 0.6 is 11.3 Å². The van der Waals surface area contributed by atoms with Gasteiger partial charge in [0.1, 0.15) is 22.9 Å². The average Bonchev–Trinajstić information content (AvgIpc) is 3.43. The molecule has 2 heterocycles. The molecule has 2 fully saturated rings. The number of hydrogen-bond acceptors (Lipinski definition) is 7. The molecule has 1 aliphatic heterocycles. The van der Waals surface area contributed by atoms with Crippen LogP contribution in [0.1, 0.15) is 23.4 Å². The molecule has 3 aromatic rings. The molecule has 170 valence electrons. The Morgan fingerprint density at radius 3 is 2.58 bits per heavy atom. The maximum atomic E-state index is 15.1. The van der Waals surface area contributed by atoms with Crippen LogP contribution in [0.3, 0.4) is 0 Å². The van der Waals surface area contributed by atoms with E-state index in [9.17, 15) is 14.0 Å². The van der Waals surface area contributed by atoms with Gasteiger partial charge in [-0.15, -0.1) is 10.2 Å². The molecule has 0 bridgehead atoms. The summed E-state index contributed by atoms with van der Waals surface area (Å²) in [5.74, 6) is -1.88. The number of imide groups is 1. The van der Waals surface area contributed by atoms with Gasteiger partial charge in [0, 0.05) is 0 Å². The fourth-order valence-corrected chi connectivity index (χ4v) is 4.55. The summed E-state index contributed by atoms with van der Waals surface area (Å²) in [6.45, 7) is 0.0434. The highest BCUT2D eigenvalue weighted by molar-refractivity contribution is 7.14. The fourth-order valence-electron chi connectivity index (χ4n) is 3.71. The monoisotopic (exact) mass is 472 g/mol. The molecule has 5 rings (SSSR count). The number of halogens is 2. The van der Waals surface area contributed by atoms with E-state index in [1.54, 1.807) is 31.4 Å². The molecule has 0 radical (unpaired) electrons. The van der Waals surface area contributed by atoms with Crippen molar-refractivity contribution in [3.8, 4) is 22.1 Å². The van der Waals surface area contributed by atoms with E-state index in [2.05, 4.69) is 15.5 Å². The minimum Gasteiger partial charge on any atom is -0.497 e. The first-order valence-electron chi connectivity index (χ1n) is 10.1. The van der Waals surface area contributed by atoms with Crippen LogP contribution < -0.4 is 14.8 Å². The lowest BCUT2D eigenvalue weighted by Gasteiger charge is -2.18.